The van der Waals surface area contributed by atoms with Crippen molar-refractivity contribution in [2.24, 2.45) is 26.8 Å². The average Bonchev–Trinajstić information content (AvgIpc) is 4.15. The van der Waals surface area contributed by atoms with E-state index < -0.39 is 0 Å². The molecule has 7 rings (SSSR count). The Kier molecular flexibility index (Phi) is 21.8. The van der Waals surface area contributed by atoms with Crippen molar-refractivity contribution in [2.45, 2.75) is 209 Å². The summed E-state index contributed by atoms with van der Waals surface area (Å²) in [6.45, 7) is 17.0. The summed E-state index contributed by atoms with van der Waals surface area (Å²) in [5.74, 6) is 1.52. The van der Waals surface area contributed by atoms with Crippen molar-refractivity contribution in [3.63, 3.8) is 0 Å². The number of aliphatic imine (C=N–C) groups is 3. The fourth-order valence-corrected chi connectivity index (χ4v) is 11.4. The third-order valence-electron chi connectivity index (χ3n) is 16.0. The van der Waals surface area contributed by atoms with Crippen LogP contribution in [0.5, 0.6) is 11.5 Å². The molecule has 5 heterocycles. The van der Waals surface area contributed by atoms with Gasteiger partial charge in [-0.15, -0.1) is 0 Å². The van der Waals surface area contributed by atoms with Gasteiger partial charge in [0.15, 0.2) is 0 Å². The van der Waals surface area contributed by atoms with E-state index in [4.69, 9.17) is 33.9 Å². The van der Waals surface area contributed by atoms with Crippen molar-refractivity contribution in [3.8, 4) is 11.5 Å². The minimum Gasteiger partial charge on any atom is -0.511 e. The lowest BCUT2D eigenvalue weighted by Crippen LogP contribution is -2.16. The van der Waals surface area contributed by atoms with Crippen LogP contribution in [0.2, 0.25) is 0 Å². The lowest BCUT2D eigenvalue weighted by atomic mass is 9.86. The molecule has 1 fully saturated rings. The number of allylic oxidation sites excluding steroid dienone is 11. The van der Waals surface area contributed by atoms with Gasteiger partial charge in [0.1, 0.15) is 23.9 Å². The first-order valence-electron chi connectivity index (χ1n) is 29.0. The Labute approximate surface area is 445 Å². The number of esters is 1. The molecule has 0 amide bonds. The summed E-state index contributed by atoms with van der Waals surface area (Å²) < 4.78 is 24.5. The summed E-state index contributed by atoms with van der Waals surface area (Å²) in [4.78, 5) is 29.5. The molecule has 10 heteroatoms. The standard InChI is InChI=1S/C64H90N4O6/c1-9-12-14-16-18-20-22-24-26-28-32-72-48-34-47(35-49(36-48)73-33-29-27-25-23-21-19-17-15-13-10-2)41-74-61(70)31-30-51-44(5)56-38-54-45(6)53(42-71-8)59(66-54)39-55-43(4)50(11-3)58(65-55)40-57-46(7)62-60(69)37-52(63(51)67-56)64(62)68-57/h34-36,38-40,44,51,67,69H,9-33,37,41-42H2,1-8H3/t44-,51-/m0/s1. The van der Waals surface area contributed by atoms with Gasteiger partial charge < -0.3 is 29.4 Å². The number of methoxy groups -OCH3 is 1. The molecule has 5 aliphatic heterocycles. The number of unbranched alkanes of at least 4 members (excludes halogenated alkanes) is 18. The Hall–Kier alpha value is -5.22. The Balaban J connectivity index is 1.03. The van der Waals surface area contributed by atoms with Gasteiger partial charge in [-0.05, 0) is 105 Å². The number of benzene rings is 1. The maximum atomic E-state index is 13.9. The molecule has 6 aliphatic rings. The van der Waals surface area contributed by atoms with Crippen LogP contribution < -0.4 is 14.8 Å². The van der Waals surface area contributed by atoms with Crippen molar-refractivity contribution in [1.29, 1.82) is 0 Å². The van der Waals surface area contributed by atoms with Gasteiger partial charge in [-0.25, -0.2) is 15.0 Å². The van der Waals surface area contributed by atoms with Crippen LogP contribution in [-0.4, -0.2) is 55.1 Å². The zero-order valence-electron chi connectivity index (χ0n) is 46.7. The Bertz CT molecular complexity index is 2480. The summed E-state index contributed by atoms with van der Waals surface area (Å²) in [5, 5.41) is 15.4. The van der Waals surface area contributed by atoms with Gasteiger partial charge in [-0.1, -0.05) is 143 Å². The largest absolute Gasteiger partial charge is 0.511 e. The summed E-state index contributed by atoms with van der Waals surface area (Å²) in [6.07, 6.45) is 33.8. The maximum absolute atomic E-state index is 13.9. The number of hydrogen-bond donors (Lipinski definition) is 2. The summed E-state index contributed by atoms with van der Waals surface area (Å²) in [6, 6.07) is 5.99. The Morgan fingerprint density at radius 2 is 1.20 bits per heavy atom. The number of rotatable bonds is 32. The lowest BCUT2D eigenvalue weighted by Gasteiger charge is -2.18. The van der Waals surface area contributed by atoms with Crippen molar-refractivity contribution < 1.29 is 28.8 Å². The van der Waals surface area contributed by atoms with E-state index in [1.807, 2.05) is 25.1 Å². The van der Waals surface area contributed by atoms with Gasteiger partial charge in [0.2, 0.25) is 0 Å². The third kappa shape index (κ3) is 14.8. The highest BCUT2D eigenvalue weighted by Crippen LogP contribution is 2.46. The van der Waals surface area contributed by atoms with Crippen LogP contribution in [0.25, 0.3) is 0 Å². The van der Waals surface area contributed by atoms with Crippen LogP contribution in [0.1, 0.15) is 208 Å². The molecule has 0 saturated carbocycles. The summed E-state index contributed by atoms with van der Waals surface area (Å²) >= 11 is 0. The van der Waals surface area contributed by atoms with Crippen LogP contribution in [0, 0.1) is 11.8 Å². The molecule has 1 aromatic rings. The molecule has 1 aliphatic carbocycles. The topological polar surface area (TPSA) is 123 Å². The van der Waals surface area contributed by atoms with E-state index >= 15 is 0 Å². The van der Waals surface area contributed by atoms with Crippen LogP contribution >= 0.6 is 0 Å². The first-order chi connectivity index (χ1) is 36.0. The van der Waals surface area contributed by atoms with Gasteiger partial charge in [-0.3, -0.25) is 4.79 Å². The highest BCUT2D eigenvalue weighted by atomic mass is 16.5. The fraction of sp³-hybridized carbons (Fsp3) is 0.594. The van der Waals surface area contributed by atoms with E-state index in [0.717, 1.165) is 128 Å². The van der Waals surface area contributed by atoms with Gasteiger partial charge in [0, 0.05) is 66.0 Å². The molecule has 10 nitrogen and oxygen atoms in total. The first kappa shape index (κ1) is 56.5. The van der Waals surface area contributed by atoms with E-state index in [2.05, 4.69) is 65.1 Å². The second kappa shape index (κ2) is 28.6. The molecule has 0 spiro atoms. The predicted octanol–water partition coefficient (Wildman–Crippen LogP) is 16.4. The number of aliphatic hydroxyl groups is 1. The zero-order valence-corrected chi connectivity index (χ0v) is 46.7. The molecular formula is C64H90N4O6. The number of nitrogens with zero attached hydrogens (tertiary/aromatic N) is 3. The van der Waals surface area contributed by atoms with Crippen LogP contribution in [0.15, 0.2) is 125 Å². The van der Waals surface area contributed by atoms with E-state index in [1.165, 1.54) is 108 Å². The molecule has 0 unspecified atom stereocenters. The number of carbonyl (C=O) groups is 1. The van der Waals surface area contributed by atoms with E-state index in [1.54, 1.807) is 7.11 Å². The molecule has 8 bridgehead atoms. The minimum atomic E-state index is -0.260. The monoisotopic (exact) mass is 1010 g/mol. The maximum Gasteiger partial charge on any atom is 0.306 e. The van der Waals surface area contributed by atoms with Gasteiger partial charge in [-0.2, -0.15) is 0 Å². The minimum absolute atomic E-state index is 0.0107. The van der Waals surface area contributed by atoms with Crippen molar-refractivity contribution >= 4 is 23.1 Å². The quantitative estimate of drug-likeness (QED) is 0.0544. The molecule has 74 heavy (non-hydrogen) atoms. The Morgan fingerprint density at radius 1 is 0.662 bits per heavy atom. The molecule has 1 saturated heterocycles. The number of fused-ring (bicyclic) bond motifs is 5. The van der Waals surface area contributed by atoms with E-state index in [-0.39, 0.29) is 30.8 Å². The zero-order chi connectivity index (χ0) is 52.4. The predicted molar refractivity (Wildman–Crippen MR) is 304 cm³/mol. The molecule has 2 N–H and O–H groups in total. The first-order valence-corrected chi connectivity index (χ1v) is 29.0. The molecular weight excluding hydrogens is 921 g/mol. The molecule has 1 aromatic carbocycles. The fourth-order valence-electron chi connectivity index (χ4n) is 11.4. The number of hydrogen-bond acceptors (Lipinski definition) is 10. The number of ether oxygens (including phenoxy) is 4. The van der Waals surface area contributed by atoms with Gasteiger partial charge in [0.25, 0.3) is 0 Å². The van der Waals surface area contributed by atoms with Crippen LogP contribution in [-0.2, 0) is 20.9 Å². The molecule has 402 valence electrons. The van der Waals surface area contributed by atoms with Gasteiger partial charge >= 0.3 is 5.97 Å². The summed E-state index contributed by atoms with van der Waals surface area (Å²) in [7, 11) is 1.72. The van der Waals surface area contributed by atoms with Crippen LogP contribution in [0.3, 0.4) is 0 Å². The van der Waals surface area contributed by atoms with E-state index in [0.29, 0.717) is 38.4 Å². The van der Waals surface area contributed by atoms with Crippen LogP contribution in [0.4, 0.5) is 0 Å². The van der Waals surface area contributed by atoms with E-state index in [9.17, 15) is 9.90 Å². The smallest absolute Gasteiger partial charge is 0.306 e. The van der Waals surface area contributed by atoms with Gasteiger partial charge in [0.05, 0.1) is 54.0 Å². The SMILES string of the molecule is CCCCCCCCCCCCOc1cc(COC(=O)CC[C@@H]2C3=C4CC(O)=C5C4=NC(=C5C)C=C4N=C(C=C5N=C(C=C(N3)[C@H]2C)C(C)=C5COC)C(C)=C4CC)cc(OCCCCCCCCCCCC)c1. The van der Waals surface area contributed by atoms with Crippen molar-refractivity contribution in [2.75, 3.05) is 26.9 Å². The second-order valence-corrected chi connectivity index (χ2v) is 21.6. The Morgan fingerprint density at radius 3 is 1.77 bits per heavy atom. The normalized spacial score (nSPS) is 19.1. The molecule has 2 atom stereocenters. The van der Waals surface area contributed by atoms with Crippen molar-refractivity contribution in [1.82, 2.24) is 5.32 Å². The molecule has 0 radical (unpaired) electrons. The molecule has 0 aromatic heterocycles. The highest BCUT2D eigenvalue weighted by Gasteiger charge is 2.41. The number of nitrogens with one attached hydrogen (secondary N) is 1. The second-order valence-electron chi connectivity index (χ2n) is 21.6. The lowest BCUT2D eigenvalue weighted by molar-refractivity contribution is -0.145. The highest BCUT2D eigenvalue weighted by molar-refractivity contribution is 6.21. The summed E-state index contributed by atoms with van der Waals surface area (Å²) in [5.41, 5.74) is 15.0. The number of aliphatic hydroxyl groups excluding tert-OH is 1. The average molecular weight is 1010 g/mol. The van der Waals surface area contributed by atoms with Crippen molar-refractivity contribution in [3.05, 3.63) is 115 Å². The number of carbonyl (C=O) groups excluding carboxylic acids is 1. The third-order valence-corrected chi connectivity index (χ3v) is 16.0.